The first-order chi connectivity index (χ1) is 9.65. The molecule has 4 heteroatoms. The first-order valence-electron chi connectivity index (χ1n) is 7.70. The third kappa shape index (κ3) is 1.63. The van der Waals surface area contributed by atoms with E-state index < -0.39 is 0 Å². The summed E-state index contributed by atoms with van der Waals surface area (Å²) >= 11 is 0. The lowest BCUT2D eigenvalue weighted by molar-refractivity contribution is -0.139. The molecule has 0 spiro atoms. The molecule has 4 aliphatic rings. The number of Topliss-reactive ketones (excluding diaryl/α,β-unsaturated/α-hetero) is 2. The predicted molar refractivity (Wildman–Crippen MR) is 71.4 cm³/mol. The summed E-state index contributed by atoms with van der Waals surface area (Å²) in [5.74, 6) is 1.60. The van der Waals surface area contributed by atoms with Gasteiger partial charge in [-0.2, -0.15) is 0 Å². The number of carbonyl (C=O) groups excluding carboxylic acids is 3. The van der Waals surface area contributed by atoms with Crippen LogP contribution < -0.4 is 5.32 Å². The van der Waals surface area contributed by atoms with Crippen molar-refractivity contribution in [3.8, 4) is 0 Å². The minimum atomic E-state index is -0.00289. The number of nitrogens with one attached hydrogen (secondary N) is 1. The van der Waals surface area contributed by atoms with E-state index in [1.807, 2.05) is 0 Å². The lowest BCUT2D eigenvalue weighted by Crippen LogP contribution is -2.49. The largest absolute Gasteiger partial charge is 0.330 e. The average molecular weight is 273 g/mol. The molecule has 0 aromatic carbocycles. The Morgan fingerprint density at radius 3 is 2.65 bits per heavy atom. The third-order valence-corrected chi connectivity index (χ3v) is 5.87. The molecule has 4 nitrogen and oxygen atoms in total. The summed E-state index contributed by atoms with van der Waals surface area (Å²) in [6, 6.07) is 0. The van der Waals surface area contributed by atoms with Crippen molar-refractivity contribution in [3.63, 3.8) is 0 Å². The highest BCUT2D eigenvalue weighted by molar-refractivity contribution is 5.93. The van der Waals surface area contributed by atoms with Crippen molar-refractivity contribution in [2.24, 2.45) is 29.6 Å². The van der Waals surface area contributed by atoms with Crippen molar-refractivity contribution in [2.45, 2.75) is 38.5 Å². The van der Waals surface area contributed by atoms with Crippen molar-refractivity contribution in [1.29, 1.82) is 0 Å². The first-order valence-corrected chi connectivity index (χ1v) is 7.70. The number of allylic oxidation sites excluding steroid dienone is 2. The molecule has 3 fully saturated rings. The van der Waals surface area contributed by atoms with Crippen LogP contribution in [0.2, 0.25) is 0 Å². The number of amides is 1. The molecule has 1 saturated heterocycles. The van der Waals surface area contributed by atoms with Crippen LogP contribution >= 0.6 is 0 Å². The van der Waals surface area contributed by atoms with Crippen molar-refractivity contribution < 1.29 is 14.4 Å². The number of piperidine rings is 1. The molecule has 3 aliphatic carbocycles. The van der Waals surface area contributed by atoms with E-state index in [0.717, 1.165) is 25.0 Å². The number of ketones is 2. The van der Waals surface area contributed by atoms with Crippen LogP contribution in [0.1, 0.15) is 38.5 Å². The Morgan fingerprint density at radius 2 is 1.80 bits per heavy atom. The molecule has 5 atom stereocenters. The van der Waals surface area contributed by atoms with E-state index in [1.54, 1.807) is 0 Å². The van der Waals surface area contributed by atoms with E-state index in [9.17, 15) is 14.4 Å². The molecule has 0 aromatic rings. The van der Waals surface area contributed by atoms with Crippen molar-refractivity contribution >= 4 is 17.5 Å². The molecule has 1 heterocycles. The van der Waals surface area contributed by atoms with Crippen molar-refractivity contribution in [3.05, 3.63) is 11.8 Å². The Hall–Kier alpha value is -1.45. The molecule has 1 N–H and O–H groups in total. The Morgan fingerprint density at radius 1 is 0.950 bits per heavy atom. The number of fused-ring (bicyclic) bond motifs is 5. The van der Waals surface area contributed by atoms with Crippen molar-refractivity contribution in [2.75, 3.05) is 0 Å². The molecule has 0 radical (unpaired) electrons. The van der Waals surface area contributed by atoms with Gasteiger partial charge in [-0.3, -0.25) is 14.4 Å². The second-order valence-electron chi connectivity index (χ2n) is 6.72. The fraction of sp³-hybridized carbons (Fsp3) is 0.688. The van der Waals surface area contributed by atoms with E-state index >= 15 is 0 Å². The SMILES string of the molecule is O=C1CCC2C(=CCC3C4CCC(=O)C4CC(=O)C23)N1. The molecule has 106 valence electrons. The molecule has 4 rings (SSSR count). The van der Waals surface area contributed by atoms with Gasteiger partial charge < -0.3 is 5.32 Å². The van der Waals surface area contributed by atoms with Gasteiger partial charge in [-0.15, -0.1) is 0 Å². The fourth-order valence-corrected chi connectivity index (χ4v) is 5.01. The molecule has 0 aromatic heterocycles. The summed E-state index contributed by atoms with van der Waals surface area (Å²) in [5, 5.41) is 2.94. The summed E-state index contributed by atoms with van der Waals surface area (Å²) < 4.78 is 0. The van der Waals surface area contributed by atoms with E-state index in [2.05, 4.69) is 11.4 Å². The summed E-state index contributed by atoms with van der Waals surface area (Å²) in [5.41, 5.74) is 0.971. The molecule has 1 amide bonds. The number of rotatable bonds is 0. The summed E-state index contributed by atoms with van der Waals surface area (Å²) in [6.45, 7) is 0. The Balaban J connectivity index is 1.68. The maximum absolute atomic E-state index is 12.6. The zero-order chi connectivity index (χ0) is 13.9. The molecule has 2 saturated carbocycles. The Kier molecular flexibility index (Phi) is 2.63. The zero-order valence-corrected chi connectivity index (χ0v) is 11.4. The van der Waals surface area contributed by atoms with Crippen molar-refractivity contribution in [1.82, 2.24) is 5.32 Å². The zero-order valence-electron chi connectivity index (χ0n) is 11.4. The van der Waals surface area contributed by atoms with E-state index in [4.69, 9.17) is 0 Å². The summed E-state index contributed by atoms with van der Waals surface area (Å²) in [7, 11) is 0. The summed E-state index contributed by atoms with van der Waals surface area (Å²) in [6.07, 6.45) is 6.33. The Labute approximate surface area is 118 Å². The topological polar surface area (TPSA) is 63.2 Å². The van der Waals surface area contributed by atoms with Crippen LogP contribution in [0.15, 0.2) is 11.8 Å². The van der Waals surface area contributed by atoms with E-state index in [1.165, 1.54) is 0 Å². The molecule has 0 bridgehead atoms. The van der Waals surface area contributed by atoms with Crippen LogP contribution in [0.3, 0.4) is 0 Å². The van der Waals surface area contributed by atoms with Crippen LogP contribution in [0, 0.1) is 29.6 Å². The van der Waals surface area contributed by atoms with Gasteiger partial charge in [-0.25, -0.2) is 0 Å². The third-order valence-electron chi connectivity index (χ3n) is 5.87. The molecule has 1 aliphatic heterocycles. The molecule has 20 heavy (non-hydrogen) atoms. The minimum absolute atomic E-state index is 0.00289. The second kappa shape index (κ2) is 4.27. The minimum Gasteiger partial charge on any atom is -0.330 e. The predicted octanol–water partition coefficient (Wildman–Crippen LogP) is 1.60. The second-order valence-corrected chi connectivity index (χ2v) is 6.72. The monoisotopic (exact) mass is 273 g/mol. The van der Waals surface area contributed by atoms with Gasteiger partial charge in [0.2, 0.25) is 5.91 Å². The van der Waals surface area contributed by atoms with Gasteiger partial charge in [0.05, 0.1) is 0 Å². The highest BCUT2D eigenvalue weighted by atomic mass is 16.2. The van der Waals surface area contributed by atoms with Gasteiger partial charge in [0, 0.05) is 42.7 Å². The first kappa shape index (κ1) is 12.3. The van der Waals surface area contributed by atoms with E-state index in [-0.39, 0.29) is 29.4 Å². The van der Waals surface area contributed by atoms with Gasteiger partial charge >= 0.3 is 0 Å². The van der Waals surface area contributed by atoms with Crippen LogP contribution in [-0.4, -0.2) is 17.5 Å². The standard InChI is InChI=1S/C16H19NO3/c18-13-5-2-8-9-1-4-12-10(3-6-15(20)17-12)16(9)14(19)7-11(8)13/h4,8-11,16H,1-3,5-7H2,(H,17,20). The normalized spacial score (nSPS) is 43.3. The molecule has 5 unspecified atom stereocenters. The van der Waals surface area contributed by atoms with Gasteiger partial charge in [-0.05, 0) is 31.1 Å². The molecular formula is C16H19NO3. The van der Waals surface area contributed by atoms with Crippen LogP contribution in [0.5, 0.6) is 0 Å². The summed E-state index contributed by atoms with van der Waals surface area (Å²) in [4.78, 5) is 36.0. The fourth-order valence-electron chi connectivity index (χ4n) is 5.01. The molecular weight excluding hydrogens is 254 g/mol. The van der Waals surface area contributed by atoms with Gasteiger partial charge in [0.15, 0.2) is 0 Å². The van der Waals surface area contributed by atoms with Gasteiger partial charge in [0.25, 0.3) is 0 Å². The van der Waals surface area contributed by atoms with Gasteiger partial charge in [-0.1, -0.05) is 6.08 Å². The lowest BCUT2D eigenvalue weighted by Gasteiger charge is -2.46. The van der Waals surface area contributed by atoms with E-state index in [0.29, 0.717) is 36.9 Å². The highest BCUT2D eigenvalue weighted by Crippen LogP contribution is 2.52. The number of hydrogen-bond donors (Lipinski definition) is 1. The highest BCUT2D eigenvalue weighted by Gasteiger charge is 2.53. The maximum Gasteiger partial charge on any atom is 0.224 e. The number of carbonyl (C=O) groups is 3. The smallest absolute Gasteiger partial charge is 0.224 e. The van der Waals surface area contributed by atoms with Crippen LogP contribution in [0.25, 0.3) is 0 Å². The van der Waals surface area contributed by atoms with Gasteiger partial charge in [0.1, 0.15) is 11.6 Å². The number of hydrogen-bond acceptors (Lipinski definition) is 3. The quantitative estimate of drug-likeness (QED) is 0.729. The Bertz CT molecular complexity index is 536. The van der Waals surface area contributed by atoms with Crippen LogP contribution in [0.4, 0.5) is 0 Å². The van der Waals surface area contributed by atoms with Crippen LogP contribution in [-0.2, 0) is 14.4 Å². The lowest BCUT2D eigenvalue weighted by atomic mass is 9.58. The maximum atomic E-state index is 12.6. The average Bonchev–Trinajstić information content (AvgIpc) is 2.80.